The molecule has 2 aromatic heterocycles. The van der Waals surface area contributed by atoms with Gasteiger partial charge in [-0.15, -0.1) is 0 Å². The summed E-state index contributed by atoms with van der Waals surface area (Å²) in [5, 5.41) is 3.56. The summed E-state index contributed by atoms with van der Waals surface area (Å²) < 4.78 is 5.31. The van der Waals surface area contributed by atoms with Crippen molar-refractivity contribution in [2.24, 2.45) is 5.92 Å². The number of nitrogens with one attached hydrogen (secondary N) is 1. The highest BCUT2D eigenvalue weighted by Crippen LogP contribution is 2.38. The lowest BCUT2D eigenvalue weighted by atomic mass is 10.1. The lowest BCUT2D eigenvalue weighted by molar-refractivity contribution is -0.122. The Kier molecular flexibility index (Phi) is 3.31. The van der Waals surface area contributed by atoms with Gasteiger partial charge >= 0.3 is 0 Å². The predicted molar refractivity (Wildman–Crippen MR) is 80.9 cm³/mol. The van der Waals surface area contributed by atoms with Crippen molar-refractivity contribution in [3.63, 3.8) is 0 Å². The molecule has 1 spiro atoms. The van der Waals surface area contributed by atoms with Gasteiger partial charge in [0.15, 0.2) is 10.9 Å². The van der Waals surface area contributed by atoms with Crippen molar-refractivity contribution in [3.05, 3.63) is 36.7 Å². The van der Waals surface area contributed by atoms with Gasteiger partial charge in [-0.3, -0.25) is 9.78 Å². The Bertz CT molecular complexity index is 706. The van der Waals surface area contributed by atoms with Crippen molar-refractivity contribution in [2.75, 3.05) is 12.4 Å². The van der Waals surface area contributed by atoms with Crippen molar-refractivity contribution < 1.29 is 9.53 Å². The minimum atomic E-state index is -0.362. The zero-order valence-corrected chi connectivity index (χ0v) is 12.5. The molecule has 4 heterocycles. The normalized spacial score (nSPS) is 26.2. The van der Waals surface area contributed by atoms with Crippen LogP contribution in [0.4, 0.5) is 0 Å². The number of amides is 1. The summed E-state index contributed by atoms with van der Waals surface area (Å²) in [7, 11) is 0. The molecule has 6 nitrogen and oxygen atoms in total. The van der Waals surface area contributed by atoms with E-state index in [2.05, 4.69) is 20.3 Å². The molecule has 0 radical (unpaired) electrons. The number of epoxide rings is 1. The summed E-state index contributed by atoms with van der Waals surface area (Å²) in [5.74, 6) is 0.670. The number of nitrogens with zero attached hydrogens (tertiary/aromatic N) is 3. The second-order valence-electron chi connectivity index (χ2n) is 5.42. The number of ether oxygens (including phenoxy) is 1. The third-order valence-electron chi connectivity index (χ3n) is 3.77. The fourth-order valence-electron chi connectivity index (χ4n) is 2.52. The summed E-state index contributed by atoms with van der Waals surface area (Å²) in [6.07, 6.45) is 4.19. The Morgan fingerprint density at radius 2 is 2.18 bits per heavy atom. The van der Waals surface area contributed by atoms with Crippen molar-refractivity contribution in [1.29, 1.82) is 0 Å². The largest absolute Gasteiger partial charge is 0.348 e. The molecule has 1 N–H and O–H groups in total. The molecule has 22 heavy (non-hydrogen) atoms. The minimum absolute atomic E-state index is 0.0467. The number of thioether (sulfide) groups is 1. The number of rotatable bonds is 4. The summed E-state index contributed by atoms with van der Waals surface area (Å²) in [5.41, 5.74) is 1.24. The SMILES string of the molecule is O=C1NC2(CO2)CC1CSc1nccc(-c2ccccn2)n1. The third-order valence-corrected chi connectivity index (χ3v) is 4.79. The second-order valence-corrected chi connectivity index (χ2v) is 6.41. The van der Waals surface area contributed by atoms with Gasteiger partial charge in [0.2, 0.25) is 5.91 Å². The summed E-state index contributed by atoms with van der Waals surface area (Å²) in [6, 6.07) is 7.54. The molecule has 1 amide bonds. The monoisotopic (exact) mass is 314 g/mol. The average Bonchev–Trinajstić information content (AvgIpc) is 3.23. The first-order chi connectivity index (χ1) is 10.7. The van der Waals surface area contributed by atoms with Gasteiger partial charge in [-0.25, -0.2) is 9.97 Å². The molecular formula is C15H14N4O2S. The standard InChI is InChI=1S/C15H14N4O2S/c20-13-10(7-15(19-13)9-21-15)8-22-14-17-6-4-12(18-14)11-3-1-2-5-16-11/h1-6,10H,7-9H2,(H,19,20). The van der Waals surface area contributed by atoms with Crippen LogP contribution in [0.25, 0.3) is 11.4 Å². The van der Waals surface area contributed by atoms with Crippen molar-refractivity contribution in [1.82, 2.24) is 20.3 Å². The van der Waals surface area contributed by atoms with Gasteiger partial charge in [0, 0.05) is 24.6 Å². The van der Waals surface area contributed by atoms with Crippen LogP contribution in [0.5, 0.6) is 0 Å². The summed E-state index contributed by atoms with van der Waals surface area (Å²) in [4.78, 5) is 24.9. The first-order valence-electron chi connectivity index (χ1n) is 7.07. The van der Waals surface area contributed by atoms with E-state index in [1.807, 2.05) is 24.3 Å². The number of hydrogen-bond donors (Lipinski definition) is 1. The zero-order valence-electron chi connectivity index (χ0n) is 11.7. The molecule has 7 heteroatoms. The predicted octanol–water partition coefficient (Wildman–Crippen LogP) is 1.49. The molecule has 0 bridgehead atoms. The highest BCUT2D eigenvalue weighted by molar-refractivity contribution is 7.99. The van der Waals surface area contributed by atoms with Gasteiger partial charge in [-0.05, 0) is 18.2 Å². The molecule has 2 fully saturated rings. The van der Waals surface area contributed by atoms with E-state index in [9.17, 15) is 4.79 Å². The van der Waals surface area contributed by atoms with Crippen LogP contribution in [-0.2, 0) is 9.53 Å². The molecule has 4 rings (SSSR count). The fourth-order valence-corrected chi connectivity index (χ4v) is 3.44. The molecule has 0 saturated carbocycles. The quantitative estimate of drug-likeness (QED) is 0.523. The number of pyridine rings is 1. The van der Waals surface area contributed by atoms with Gasteiger partial charge in [-0.1, -0.05) is 17.8 Å². The number of carbonyl (C=O) groups excluding carboxylic acids is 1. The van der Waals surface area contributed by atoms with Gasteiger partial charge in [0.25, 0.3) is 0 Å². The fraction of sp³-hybridized carbons (Fsp3) is 0.333. The Labute approximate surface area is 131 Å². The van der Waals surface area contributed by atoms with Crippen LogP contribution in [-0.4, -0.2) is 38.9 Å². The smallest absolute Gasteiger partial charge is 0.226 e. The average molecular weight is 314 g/mol. The third kappa shape index (κ3) is 2.69. The van der Waals surface area contributed by atoms with Crippen LogP contribution >= 0.6 is 11.8 Å². The lowest BCUT2D eigenvalue weighted by Crippen LogP contribution is -2.29. The van der Waals surface area contributed by atoms with E-state index in [1.165, 1.54) is 11.8 Å². The first-order valence-corrected chi connectivity index (χ1v) is 8.06. The van der Waals surface area contributed by atoms with Gasteiger partial charge in [0.1, 0.15) is 0 Å². The molecule has 112 valence electrons. The maximum Gasteiger partial charge on any atom is 0.226 e. The van der Waals surface area contributed by atoms with Crippen LogP contribution < -0.4 is 5.32 Å². The van der Waals surface area contributed by atoms with Crippen molar-refractivity contribution in [2.45, 2.75) is 17.3 Å². The summed E-state index contributed by atoms with van der Waals surface area (Å²) >= 11 is 1.49. The van der Waals surface area contributed by atoms with E-state index >= 15 is 0 Å². The number of hydrogen-bond acceptors (Lipinski definition) is 6. The van der Waals surface area contributed by atoms with Crippen molar-refractivity contribution in [3.8, 4) is 11.4 Å². The van der Waals surface area contributed by atoms with Gasteiger partial charge in [0.05, 0.1) is 23.9 Å². The van der Waals surface area contributed by atoms with Crippen LogP contribution in [0.2, 0.25) is 0 Å². The van der Waals surface area contributed by atoms with Crippen molar-refractivity contribution >= 4 is 17.7 Å². The van der Waals surface area contributed by atoms with Crippen LogP contribution in [0.3, 0.4) is 0 Å². The molecule has 2 unspecified atom stereocenters. The maximum absolute atomic E-state index is 11.9. The van der Waals surface area contributed by atoms with E-state index in [4.69, 9.17) is 4.74 Å². The number of aromatic nitrogens is 3. The maximum atomic E-state index is 11.9. The molecular weight excluding hydrogens is 300 g/mol. The van der Waals surface area contributed by atoms with E-state index < -0.39 is 0 Å². The molecule has 0 aliphatic carbocycles. The van der Waals surface area contributed by atoms with E-state index in [-0.39, 0.29) is 17.6 Å². The van der Waals surface area contributed by atoms with E-state index in [1.54, 1.807) is 12.4 Å². The van der Waals surface area contributed by atoms with Crippen LogP contribution in [0, 0.1) is 5.92 Å². The Hall–Kier alpha value is -1.99. The highest BCUT2D eigenvalue weighted by atomic mass is 32.2. The zero-order chi connectivity index (χ0) is 15.0. The topological polar surface area (TPSA) is 80.3 Å². The Balaban J connectivity index is 1.44. The Morgan fingerprint density at radius 1 is 1.27 bits per heavy atom. The first kappa shape index (κ1) is 13.7. The second kappa shape index (κ2) is 5.33. The van der Waals surface area contributed by atoms with Gasteiger partial charge < -0.3 is 10.1 Å². The molecule has 2 aliphatic heterocycles. The molecule has 2 aliphatic rings. The Morgan fingerprint density at radius 3 is 2.91 bits per heavy atom. The van der Waals surface area contributed by atoms with E-state index in [0.29, 0.717) is 17.5 Å². The summed E-state index contributed by atoms with van der Waals surface area (Å²) in [6.45, 7) is 0.631. The van der Waals surface area contributed by atoms with Gasteiger partial charge in [-0.2, -0.15) is 0 Å². The molecule has 0 aromatic carbocycles. The van der Waals surface area contributed by atoms with E-state index in [0.717, 1.165) is 17.8 Å². The number of carbonyl (C=O) groups is 1. The van der Waals surface area contributed by atoms with Crippen LogP contribution in [0.1, 0.15) is 6.42 Å². The lowest BCUT2D eigenvalue weighted by Gasteiger charge is -2.06. The minimum Gasteiger partial charge on any atom is -0.348 e. The molecule has 2 aromatic rings. The molecule has 2 saturated heterocycles. The molecule has 2 atom stereocenters. The highest BCUT2D eigenvalue weighted by Gasteiger charge is 2.54. The van der Waals surface area contributed by atoms with Crippen LogP contribution in [0.15, 0.2) is 41.8 Å².